The first-order valence-corrected chi connectivity index (χ1v) is 6.55. The molecule has 1 aliphatic carbocycles. The van der Waals surface area contributed by atoms with Crippen LogP contribution in [0.3, 0.4) is 0 Å². The summed E-state index contributed by atoms with van der Waals surface area (Å²) in [6.07, 6.45) is 5.88. The summed E-state index contributed by atoms with van der Waals surface area (Å²) in [5.41, 5.74) is 2.54. The van der Waals surface area contributed by atoms with Crippen LogP contribution in [-0.4, -0.2) is 34.4 Å². The van der Waals surface area contributed by atoms with Gasteiger partial charge in [-0.15, -0.1) is 0 Å². The summed E-state index contributed by atoms with van der Waals surface area (Å²) >= 11 is 0. The number of aromatic nitrogens is 2. The Labute approximate surface area is 116 Å². The number of rotatable bonds is 7. The summed E-state index contributed by atoms with van der Waals surface area (Å²) < 4.78 is 0. The van der Waals surface area contributed by atoms with Gasteiger partial charge in [-0.25, -0.2) is 15.8 Å². The lowest BCUT2D eigenvalue weighted by Crippen LogP contribution is -2.29. The third-order valence-electron chi connectivity index (χ3n) is 2.84. The second-order valence-electron chi connectivity index (χ2n) is 4.63. The number of anilines is 1. The molecule has 1 aromatic heterocycles. The van der Waals surface area contributed by atoms with Gasteiger partial charge < -0.3 is 16.1 Å². The number of nitrogens with zero attached hydrogens (tertiary/aromatic N) is 2. The van der Waals surface area contributed by atoms with Gasteiger partial charge in [0.15, 0.2) is 5.82 Å². The minimum atomic E-state index is -0.316. The third-order valence-corrected chi connectivity index (χ3v) is 2.84. The van der Waals surface area contributed by atoms with Crippen molar-refractivity contribution in [3.63, 3.8) is 0 Å². The maximum Gasteiger partial charge on any atom is 0.271 e. The highest BCUT2D eigenvalue weighted by atomic mass is 16.2. The average molecular weight is 278 g/mol. The predicted octanol–water partition coefficient (Wildman–Crippen LogP) is -0.449. The number of nitrogen functional groups attached to an aromatic ring is 1. The fourth-order valence-corrected chi connectivity index (χ4v) is 1.59. The lowest BCUT2D eigenvalue weighted by atomic mass is 10.3. The molecule has 0 aromatic carbocycles. The zero-order chi connectivity index (χ0) is 14.4. The van der Waals surface area contributed by atoms with E-state index in [-0.39, 0.29) is 17.5 Å². The quantitative estimate of drug-likeness (QED) is 0.304. The summed E-state index contributed by atoms with van der Waals surface area (Å²) in [5.74, 6) is 5.26. The number of hydrogen-bond acceptors (Lipinski definition) is 6. The van der Waals surface area contributed by atoms with Gasteiger partial charge in [-0.2, -0.15) is 0 Å². The largest absolute Gasteiger partial charge is 0.353 e. The van der Waals surface area contributed by atoms with Gasteiger partial charge in [-0.1, -0.05) is 0 Å². The van der Waals surface area contributed by atoms with Crippen LogP contribution in [0.25, 0.3) is 0 Å². The molecule has 0 aliphatic heterocycles. The highest BCUT2D eigenvalue weighted by Gasteiger charge is 2.22. The number of amides is 2. The highest BCUT2D eigenvalue weighted by molar-refractivity contribution is 5.92. The normalized spacial score (nSPS) is 13.7. The van der Waals surface area contributed by atoms with Gasteiger partial charge in [-0.3, -0.25) is 9.59 Å². The monoisotopic (exact) mass is 278 g/mol. The van der Waals surface area contributed by atoms with Crippen molar-refractivity contribution in [3.8, 4) is 0 Å². The second-order valence-corrected chi connectivity index (χ2v) is 4.63. The Hall–Kier alpha value is -2.22. The molecule has 2 rings (SSSR count). The number of carbonyl (C=O) groups excluding carboxylic acids is 2. The molecule has 1 fully saturated rings. The topological polar surface area (TPSA) is 122 Å². The molecule has 20 heavy (non-hydrogen) atoms. The van der Waals surface area contributed by atoms with Crippen LogP contribution in [-0.2, 0) is 4.79 Å². The Kier molecular flexibility index (Phi) is 4.83. The van der Waals surface area contributed by atoms with Crippen molar-refractivity contribution in [2.75, 3.05) is 12.0 Å². The first kappa shape index (κ1) is 14.2. The summed E-state index contributed by atoms with van der Waals surface area (Å²) in [7, 11) is 0. The number of hydrogen-bond donors (Lipinski definition) is 4. The predicted molar refractivity (Wildman–Crippen MR) is 72.6 cm³/mol. The van der Waals surface area contributed by atoms with Crippen molar-refractivity contribution >= 4 is 17.6 Å². The minimum absolute atomic E-state index is 0.0416. The SMILES string of the molecule is NNc1cnc(C(=O)NCCCC(=O)NC2CC2)cn1. The van der Waals surface area contributed by atoms with Crippen LogP contribution < -0.4 is 21.9 Å². The van der Waals surface area contributed by atoms with Crippen molar-refractivity contribution in [1.82, 2.24) is 20.6 Å². The summed E-state index contributed by atoms with van der Waals surface area (Å²) in [4.78, 5) is 30.9. The van der Waals surface area contributed by atoms with Gasteiger partial charge in [0.1, 0.15) is 5.69 Å². The number of hydrazine groups is 1. The molecule has 0 radical (unpaired) electrons. The van der Waals surface area contributed by atoms with E-state index in [9.17, 15) is 9.59 Å². The molecule has 0 bridgehead atoms. The van der Waals surface area contributed by atoms with E-state index in [1.807, 2.05) is 0 Å². The van der Waals surface area contributed by atoms with Gasteiger partial charge >= 0.3 is 0 Å². The van der Waals surface area contributed by atoms with Gasteiger partial charge in [0.2, 0.25) is 5.91 Å². The molecule has 1 aliphatic rings. The van der Waals surface area contributed by atoms with Crippen LogP contribution in [0.15, 0.2) is 12.4 Å². The van der Waals surface area contributed by atoms with Crippen LogP contribution in [0.4, 0.5) is 5.82 Å². The Morgan fingerprint density at radius 2 is 2.10 bits per heavy atom. The first-order valence-electron chi connectivity index (χ1n) is 6.55. The zero-order valence-corrected chi connectivity index (χ0v) is 11.1. The summed E-state index contributed by atoms with van der Waals surface area (Å²) in [6.45, 7) is 0.426. The van der Waals surface area contributed by atoms with E-state index >= 15 is 0 Å². The molecule has 0 saturated heterocycles. The molecule has 1 aromatic rings. The lowest BCUT2D eigenvalue weighted by Gasteiger charge is -2.05. The van der Waals surface area contributed by atoms with Crippen LogP contribution in [0.1, 0.15) is 36.2 Å². The van der Waals surface area contributed by atoms with E-state index in [2.05, 4.69) is 26.0 Å². The standard InChI is InChI=1S/C12H18N6O2/c13-18-10-7-15-9(6-16-10)12(20)14-5-1-2-11(19)17-8-3-4-8/h6-8H,1-5,13H2,(H,14,20)(H,16,18)(H,17,19). The smallest absolute Gasteiger partial charge is 0.271 e. The molecule has 5 N–H and O–H groups in total. The molecule has 8 nitrogen and oxygen atoms in total. The van der Waals surface area contributed by atoms with Crippen molar-refractivity contribution in [1.29, 1.82) is 0 Å². The lowest BCUT2D eigenvalue weighted by molar-refractivity contribution is -0.121. The van der Waals surface area contributed by atoms with Gasteiger partial charge in [0, 0.05) is 19.0 Å². The van der Waals surface area contributed by atoms with E-state index in [1.54, 1.807) is 0 Å². The Bertz CT molecular complexity index is 471. The molecular weight excluding hydrogens is 260 g/mol. The average Bonchev–Trinajstić information content (AvgIpc) is 3.27. The molecule has 0 atom stereocenters. The highest BCUT2D eigenvalue weighted by Crippen LogP contribution is 2.18. The van der Waals surface area contributed by atoms with Crippen molar-refractivity contribution in [2.45, 2.75) is 31.7 Å². The van der Waals surface area contributed by atoms with E-state index in [4.69, 9.17) is 5.84 Å². The minimum Gasteiger partial charge on any atom is -0.353 e. The number of nitrogens with two attached hydrogens (primary N) is 1. The third kappa shape index (κ3) is 4.47. The maximum absolute atomic E-state index is 11.7. The van der Waals surface area contributed by atoms with E-state index in [1.165, 1.54) is 12.4 Å². The second kappa shape index (κ2) is 6.80. The molecule has 8 heteroatoms. The van der Waals surface area contributed by atoms with Crippen LogP contribution in [0.5, 0.6) is 0 Å². The van der Waals surface area contributed by atoms with Gasteiger partial charge in [0.05, 0.1) is 12.4 Å². The van der Waals surface area contributed by atoms with Gasteiger partial charge in [0.25, 0.3) is 5.91 Å². The molecule has 2 amide bonds. The van der Waals surface area contributed by atoms with Crippen molar-refractivity contribution in [2.24, 2.45) is 5.84 Å². The first-order chi connectivity index (χ1) is 9.69. The Balaban J connectivity index is 1.64. The van der Waals surface area contributed by atoms with E-state index in [0.717, 1.165) is 12.8 Å². The zero-order valence-electron chi connectivity index (χ0n) is 11.1. The van der Waals surface area contributed by atoms with Crippen LogP contribution in [0.2, 0.25) is 0 Å². The summed E-state index contributed by atoms with van der Waals surface area (Å²) in [6, 6.07) is 0.377. The molecular formula is C12H18N6O2. The van der Waals surface area contributed by atoms with Crippen LogP contribution >= 0.6 is 0 Å². The van der Waals surface area contributed by atoms with Gasteiger partial charge in [-0.05, 0) is 19.3 Å². The molecule has 0 spiro atoms. The van der Waals surface area contributed by atoms with E-state index < -0.39 is 0 Å². The summed E-state index contributed by atoms with van der Waals surface area (Å²) in [5, 5.41) is 5.58. The van der Waals surface area contributed by atoms with Crippen LogP contribution in [0, 0.1) is 0 Å². The fraction of sp³-hybridized carbons (Fsp3) is 0.500. The fourth-order valence-electron chi connectivity index (χ4n) is 1.59. The number of carbonyl (C=O) groups is 2. The maximum atomic E-state index is 11.7. The molecule has 1 heterocycles. The Morgan fingerprint density at radius 1 is 1.30 bits per heavy atom. The Morgan fingerprint density at radius 3 is 2.70 bits per heavy atom. The van der Waals surface area contributed by atoms with E-state index in [0.29, 0.717) is 31.2 Å². The van der Waals surface area contributed by atoms with Crippen molar-refractivity contribution in [3.05, 3.63) is 18.1 Å². The molecule has 108 valence electrons. The molecule has 0 unspecified atom stereocenters. The number of nitrogens with one attached hydrogen (secondary N) is 3. The molecule has 1 saturated carbocycles. The van der Waals surface area contributed by atoms with Crippen molar-refractivity contribution < 1.29 is 9.59 Å².